The van der Waals surface area contributed by atoms with Gasteiger partial charge in [-0.15, -0.1) is 11.3 Å². The molecule has 1 aliphatic heterocycles. The number of primary amides is 1. The molecule has 29 heavy (non-hydrogen) atoms. The molecule has 0 bridgehead atoms. The van der Waals surface area contributed by atoms with E-state index in [1.807, 2.05) is 31.2 Å². The van der Waals surface area contributed by atoms with Gasteiger partial charge in [-0.3, -0.25) is 14.4 Å². The number of rotatable bonds is 4. The molecule has 3 amide bonds. The summed E-state index contributed by atoms with van der Waals surface area (Å²) in [4.78, 5) is 42.3. The number of hydrogen-bond acceptors (Lipinski definition) is 5. The SMILES string of the molecule is CCN1C(=O)C(C)(C(=O)Nc2sc3c(c2C(N)=O)CCCC3)Sc2ccccc21. The average molecular weight is 430 g/mol. The number of fused-ring (bicyclic) bond motifs is 2. The van der Waals surface area contributed by atoms with Crippen LogP contribution in [0, 0.1) is 0 Å². The Kier molecular flexibility index (Phi) is 5.16. The summed E-state index contributed by atoms with van der Waals surface area (Å²) in [6, 6.07) is 7.58. The number of para-hydroxylation sites is 1. The van der Waals surface area contributed by atoms with Gasteiger partial charge in [0.1, 0.15) is 5.00 Å². The topological polar surface area (TPSA) is 92.5 Å². The van der Waals surface area contributed by atoms with Gasteiger partial charge in [0.25, 0.3) is 17.7 Å². The van der Waals surface area contributed by atoms with Gasteiger partial charge in [0.15, 0.2) is 4.75 Å². The number of nitrogens with two attached hydrogens (primary N) is 1. The number of benzene rings is 1. The summed E-state index contributed by atoms with van der Waals surface area (Å²) in [5, 5.41) is 3.34. The maximum atomic E-state index is 13.3. The van der Waals surface area contributed by atoms with Crippen molar-refractivity contribution in [2.45, 2.75) is 49.2 Å². The van der Waals surface area contributed by atoms with E-state index in [4.69, 9.17) is 5.73 Å². The van der Waals surface area contributed by atoms with Crippen LogP contribution in [-0.4, -0.2) is 29.0 Å². The molecule has 152 valence electrons. The summed E-state index contributed by atoms with van der Waals surface area (Å²) in [7, 11) is 0. The molecule has 1 aromatic heterocycles. The summed E-state index contributed by atoms with van der Waals surface area (Å²) >= 11 is 2.66. The van der Waals surface area contributed by atoms with Gasteiger partial charge < -0.3 is 16.0 Å². The fourth-order valence-electron chi connectivity index (χ4n) is 3.99. The number of aryl methyl sites for hydroxylation is 1. The molecule has 0 saturated carbocycles. The van der Waals surface area contributed by atoms with Crippen LogP contribution >= 0.6 is 23.1 Å². The molecular weight excluding hydrogens is 406 g/mol. The second-order valence-corrected chi connectivity index (χ2v) is 9.95. The van der Waals surface area contributed by atoms with Crippen LogP contribution in [-0.2, 0) is 22.4 Å². The molecule has 6 nitrogen and oxygen atoms in total. The van der Waals surface area contributed by atoms with E-state index in [1.165, 1.54) is 23.1 Å². The Morgan fingerprint density at radius 1 is 1.24 bits per heavy atom. The maximum absolute atomic E-state index is 13.3. The largest absolute Gasteiger partial charge is 0.365 e. The first-order chi connectivity index (χ1) is 13.9. The van der Waals surface area contributed by atoms with E-state index in [2.05, 4.69) is 5.32 Å². The van der Waals surface area contributed by atoms with Crippen LogP contribution < -0.4 is 16.0 Å². The fourth-order valence-corrected chi connectivity index (χ4v) is 6.49. The van der Waals surface area contributed by atoms with Crippen LogP contribution in [0.3, 0.4) is 0 Å². The first-order valence-corrected chi connectivity index (χ1v) is 11.4. The van der Waals surface area contributed by atoms with Crippen molar-refractivity contribution in [3.63, 3.8) is 0 Å². The number of carbonyl (C=O) groups is 3. The third-order valence-corrected chi connectivity index (χ3v) is 8.06. The lowest BCUT2D eigenvalue weighted by Gasteiger charge is -2.38. The molecule has 8 heteroatoms. The first kappa shape index (κ1) is 20.0. The van der Waals surface area contributed by atoms with E-state index in [0.29, 0.717) is 17.1 Å². The monoisotopic (exact) mass is 429 g/mol. The number of nitrogens with one attached hydrogen (secondary N) is 1. The predicted molar refractivity (Wildman–Crippen MR) is 117 cm³/mol. The van der Waals surface area contributed by atoms with Crippen molar-refractivity contribution in [1.29, 1.82) is 0 Å². The van der Waals surface area contributed by atoms with E-state index < -0.39 is 16.6 Å². The van der Waals surface area contributed by atoms with Crippen molar-refractivity contribution in [2.24, 2.45) is 5.73 Å². The number of anilines is 2. The minimum absolute atomic E-state index is 0.261. The van der Waals surface area contributed by atoms with Crippen LogP contribution in [0.1, 0.15) is 47.5 Å². The number of amides is 3. The summed E-state index contributed by atoms with van der Waals surface area (Å²) in [6.07, 6.45) is 3.75. The molecule has 1 unspecified atom stereocenters. The number of thioether (sulfide) groups is 1. The van der Waals surface area contributed by atoms with E-state index >= 15 is 0 Å². The number of thiophene rings is 1. The lowest BCUT2D eigenvalue weighted by Crippen LogP contribution is -2.54. The lowest BCUT2D eigenvalue weighted by atomic mass is 9.95. The predicted octanol–water partition coefficient (Wildman–Crippen LogP) is 3.58. The van der Waals surface area contributed by atoms with Crippen molar-refractivity contribution in [3.8, 4) is 0 Å². The van der Waals surface area contributed by atoms with E-state index in [9.17, 15) is 14.4 Å². The van der Waals surface area contributed by atoms with Crippen LogP contribution in [0.25, 0.3) is 0 Å². The zero-order valence-corrected chi connectivity index (χ0v) is 18.0. The van der Waals surface area contributed by atoms with Gasteiger partial charge in [0.05, 0.1) is 11.3 Å². The molecule has 2 heterocycles. The minimum Gasteiger partial charge on any atom is -0.365 e. The highest BCUT2D eigenvalue weighted by Gasteiger charge is 2.49. The van der Waals surface area contributed by atoms with E-state index in [1.54, 1.807) is 11.8 Å². The summed E-state index contributed by atoms with van der Waals surface area (Å²) in [5.41, 5.74) is 7.82. The van der Waals surface area contributed by atoms with Gasteiger partial charge >= 0.3 is 0 Å². The maximum Gasteiger partial charge on any atom is 0.252 e. The Hall–Kier alpha value is -2.32. The van der Waals surface area contributed by atoms with Crippen molar-refractivity contribution in [3.05, 3.63) is 40.3 Å². The molecule has 0 saturated heterocycles. The molecule has 3 N–H and O–H groups in total. The Balaban J connectivity index is 1.69. The molecule has 0 fully saturated rings. The lowest BCUT2D eigenvalue weighted by molar-refractivity contribution is -0.128. The third kappa shape index (κ3) is 3.24. The summed E-state index contributed by atoms with van der Waals surface area (Å²) < 4.78 is -1.33. The van der Waals surface area contributed by atoms with Crippen LogP contribution in [0.4, 0.5) is 10.7 Å². The van der Waals surface area contributed by atoms with Gasteiger partial charge in [-0.05, 0) is 57.2 Å². The van der Waals surface area contributed by atoms with Gasteiger partial charge in [-0.2, -0.15) is 0 Å². The molecule has 0 radical (unpaired) electrons. The van der Waals surface area contributed by atoms with Gasteiger partial charge in [0.2, 0.25) is 0 Å². The van der Waals surface area contributed by atoms with Crippen LogP contribution in [0.5, 0.6) is 0 Å². The standard InChI is InChI=1S/C21H23N3O3S2/c1-3-24-13-9-5-7-11-15(13)29-21(2,20(24)27)19(26)23-18-16(17(22)25)12-8-4-6-10-14(12)28-18/h5,7,9,11H,3-4,6,8,10H2,1-2H3,(H2,22,25)(H,23,26). The minimum atomic E-state index is -1.33. The van der Waals surface area contributed by atoms with Gasteiger partial charge in [-0.25, -0.2) is 0 Å². The van der Waals surface area contributed by atoms with E-state index in [0.717, 1.165) is 46.7 Å². The Morgan fingerprint density at radius 3 is 2.69 bits per heavy atom. The zero-order valence-electron chi connectivity index (χ0n) is 16.4. The van der Waals surface area contributed by atoms with E-state index in [-0.39, 0.29) is 5.91 Å². The van der Waals surface area contributed by atoms with Crippen molar-refractivity contribution in [2.75, 3.05) is 16.8 Å². The second-order valence-electron chi connectivity index (χ2n) is 7.39. The highest BCUT2D eigenvalue weighted by Crippen LogP contribution is 2.46. The molecule has 2 aromatic rings. The number of hydrogen-bond donors (Lipinski definition) is 2. The Bertz CT molecular complexity index is 1020. The molecule has 4 rings (SSSR count). The van der Waals surface area contributed by atoms with Gasteiger partial charge in [0, 0.05) is 16.3 Å². The Morgan fingerprint density at radius 2 is 1.97 bits per heavy atom. The quantitative estimate of drug-likeness (QED) is 0.727. The number of nitrogens with zero attached hydrogens (tertiary/aromatic N) is 1. The molecular formula is C21H23N3O3S2. The van der Waals surface area contributed by atoms with Crippen molar-refractivity contribution >= 4 is 51.5 Å². The Labute approximate surface area is 177 Å². The van der Waals surface area contributed by atoms with Crippen molar-refractivity contribution < 1.29 is 14.4 Å². The smallest absolute Gasteiger partial charge is 0.252 e. The van der Waals surface area contributed by atoms with Crippen molar-refractivity contribution in [1.82, 2.24) is 0 Å². The molecule has 1 atom stereocenters. The summed E-state index contributed by atoms with van der Waals surface area (Å²) in [5.74, 6) is -1.22. The fraction of sp³-hybridized carbons (Fsp3) is 0.381. The number of carbonyl (C=O) groups excluding carboxylic acids is 3. The first-order valence-electron chi connectivity index (χ1n) is 9.72. The molecule has 2 aliphatic rings. The van der Waals surface area contributed by atoms with Crippen LogP contribution in [0.2, 0.25) is 0 Å². The normalized spacial score (nSPS) is 20.8. The van der Waals surface area contributed by atoms with Crippen LogP contribution in [0.15, 0.2) is 29.2 Å². The average Bonchev–Trinajstić information content (AvgIpc) is 3.07. The molecule has 1 aliphatic carbocycles. The third-order valence-electron chi connectivity index (χ3n) is 5.52. The second kappa shape index (κ2) is 7.50. The zero-order chi connectivity index (χ0) is 20.8. The van der Waals surface area contributed by atoms with Gasteiger partial charge in [-0.1, -0.05) is 23.9 Å². The highest BCUT2D eigenvalue weighted by molar-refractivity contribution is 8.02. The highest BCUT2D eigenvalue weighted by atomic mass is 32.2. The molecule has 0 spiro atoms. The molecule has 1 aromatic carbocycles. The summed E-state index contributed by atoms with van der Waals surface area (Å²) in [6.45, 7) is 4.01.